The number of primary amides is 1. The molecule has 0 aromatic carbocycles. The molecule has 110 valence electrons. The molecule has 0 aliphatic carbocycles. The van der Waals surface area contributed by atoms with E-state index >= 15 is 0 Å². The van der Waals surface area contributed by atoms with Crippen LogP contribution in [0.15, 0.2) is 0 Å². The van der Waals surface area contributed by atoms with E-state index in [0.717, 1.165) is 39.1 Å². The van der Waals surface area contributed by atoms with Gasteiger partial charge in [0.2, 0.25) is 11.8 Å². The molecule has 0 radical (unpaired) electrons. The minimum atomic E-state index is -0.290. The lowest BCUT2D eigenvalue weighted by Crippen LogP contribution is -2.57. The van der Waals surface area contributed by atoms with Gasteiger partial charge in [-0.1, -0.05) is 0 Å². The molecule has 0 saturated carbocycles. The van der Waals surface area contributed by atoms with Crippen LogP contribution in [0.5, 0.6) is 0 Å². The SMILES string of the molecule is CCN(CC)C(=O)CCCN1CCNCC1C(N)=O. The highest BCUT2D eigenvalue weighted by molar-refractivity contribution is 5.80. The number of carbonyl (C=O) groups is 2. The third-order valence-electron chi connectivity index (χ3n) is 3.63. The minimum Gasteiger partial charge on any atom is -0.368 e. The summed E-state index contributed by atoms with van der Waals surface area (Å²) in [5, 5.41) is 3.16. The van der Waals surface area contributed by atoms with Gasteiger partial charge in [-0.25, -0.2) is 0 Å². The van der Waals surface area contributed by atoms with E-state index in [0.29, 0.717) is 13.0 Å². The Kier molecular flexibility index (Phi) is 6.80. The lowest BCUT2D eigenvalue weighted by atomic mass is 10.1. The van der Waals surface area contributed by atoms with E-state index in [-0.39, 0.29) is 17.9 Å². The average Bonchev–Trinajstić information content (AvgIpc) is 2.40. The molecule has 1 saturated heterocycles. The first kappa shape index (κ1) is 15.9. The predicted octanol–water partition coefficient (Wildman–Crippen LogP) is -0.606. The molecule has 1 atom stereocenters. The van der Waals surface area contributed by atoms with Crippen molar-refractivity contribution in [3.05, 3.63) is 0 Å². The molecule has 0 aromatic heterocycles. The fraction of sp³-hybridized carbons (Fsp3) is 0.846. The van der Waals surface area contributed by atoms with E-state index in [1.807, 2.05) is 18.7 Å². The van der Waals surface area contributed by atoms with Crippen molar-refractivity contribution in [3.8, 4) is 0 Å². The Hall–Kier alpha value is -1.14. The van der Waals surface area contributed by atoms with E-state index < -0.39 is 0 Å². The monoisotopic (exact) mass is 270 g/mol. The van der Waals surface area contributed by atoms with Crippen LogP contribution in [0.1, 0.15) is 26.7 Å². The van der Waals surface area contributed by atoms with Crippen LogP contribution in [-0.4, -0.2) is 66.9 Å². The van der Waals surface area contributed by atoms with Crippen molar-refractivity contribution in [2.75, 3.05) is 39.3 Å². The van der Waals surface area contributed by atoms with E-state index in [2.05, 4.69) is 10.2 Å². The summed E-state index contributed by atoms with van der Waals surface area (Å²) in [5.74, 6) is -0.0990. The molecule has 19 heavy (non-hydrogen) atoms. The van der Waals surface area contributed by atoms with Crippen LogP contribution in [-0.2, 0) is 9.59 Å². The highest BCUT2D eigenvalue weighted by Crippen LogP contribution is 2.06. The van der Waals surface area contributed by atoms with Crippen LogP contribution in [0.4, 0.5) is 0 Å². The molecule has 1 unspecified atom stereocenters. The van der Waals surface area contributed by atoms with Gasteiger partial charge in [-0.05, 0) is 26.8 Å². The lowest BCUT2D eigenvalue weighted by molar-refractivity contribution is -0.131. The Morgan fingerprint density at radius 2 is 2.05 bits per heavy atom. The Morgan fingerprint density at radius 3 is 2.63 bits per heavy atom. The molecule has 2 amide bonds. The fourth-order valence-corrected chi connectivity index (χ4v) is 2.46. The van der Waals surface area contributed by atoms with Gasteiger partial charge in [-0.2, -0.15) is 0 Å². The van der Waals surface area contributed by atoms with E-state index in [1.54, 1.807) is 0 Å². The number of hydrogen-bond donors (Lipinski definition) is 2. The topological polar surface area (TPSA) is 78.7 Å². The normalized spacial score (nSPS) is 20.2. The van der Waals surface area contributed by atoms with Gasteiger partial charge in [-0.15, -0.1) is 0 Å². The highest BCUT2D eigenvalue weighted by Gasteiger charge is 2.26. The number of amides is 2. The van der Waals surface area contributed by atoms with Crippen molar-refractivity contribution in [2.45, 2.75) is 32.7 Å². The maximum Gasteiger partial charge on any atom is 0.236 e. The van der Waals surface area contributed by atoms with Gasteiger partial charge in [0.25, 0.3) is 0 Å². The summed E-state index contributed by atoms with van der Waals surface area (Å²) >= 11 is 0. The number of nitrogens with zero attached hydrogens (tertiary/aromatic N) is 2. The minimum absolute atomic E-state index is 0.191. The maximum absolute atomic E-state index is 11.9. The zero-order valence-electron chi connectivity index (χ0n) is 12.0. The van der Waals surface area contributed by atoms with Crippen molar-refractivity contribution in [1.29, 1.82) is 0 Å². The highest BCUT2D eigenvalue weighted by atomic mass is 16.2. The molecular formula is C13H26N4O2. The first-order chi connectivity index (χ1) is 9.10. The standard InChI is InChI=1S/C13H26N4O2/c1-3-16(4-2)12(18)6-5-8-17-9-7-15-10-11(17)13(14)19/h11,15H,3-10H2,1-2H3,(H2,14,19). The van der Waals surface area contributed by atoms with Crippen LogP contribution in [0.3, 0.4) is 0 Å². The number of piperazine rings is 1. The first-order valence-electron chi connectivity index (χ1n) is 7.12. The summed E-state index contributed by atoms with van der Waals surface area (Å²) in [6.45, 7) is 8.53. The molecule has 1 rings (SSSR count). The molecule has 0 spiro atoms. The summed E-state index contributed by atoms with van der Waals surface area (Å²) in [4.78, 5) is 27.1. The zero-order valence-corrected chi connectivity index (χ0v) is 12.0. The Bertz CT molecular complexity index is 305. The second-order valence-corrected chi connectivity index (χ2v) is 4.83. The van der Waals surface area contributed by atoms with Crippen LogP contribution in [0, 0.1) is 0 Å². The third kappa shape index (κ3) is 4.80. The van der Waals surface area contributed by atoms with Gasteiger partial charge >= 0.3 is 0 Å². The van der Waals surface area contributed by atoms with Crippen LogP contribution < -0.4 is 11.1 Å². The summed E-state index contributed by atoms with van der Waals surface area (Å²) in [6.07, 6.45) is 1.32. The van der Waals surface area contributed by atoms with Gasteiger partial charge in [0.05, 0.1) is 0 Å². The molecule has 6 heteroatoms. The van der Waals surface area contributed by atoms with Crippen molar-refractivity contribution in [1.82, 2.24) is 15.1 Å². The number of hydrogen-bond acceptors (Lipinski definition) is 4. The number of nitrogens with two attached hydrogens (primary N) is 1. The van der Waals surface area contributed by atoms with Gasteiger partial charge < -0.3 is 16.0 Å². The van der Waals surface area contributed by atoms with Gasteiger partial charge in [0, 0.05) is 39.1 Å². The molecule has 3 N–H and O–H groups in total. The maximum atomic E-state index is 11.9. The third-order valence-corrected chi connectivity index (χ3v) is 3.63. The predicted molar refractivity (Wildman–Crippen MR) is 74.6 cm³/mol. The summed E-state index contributed by atoms with van der Waals surface area (Å²) in [6, 6.07) is -0.239. The van der Waals surface area contributed by atoms with Gasteiger partial charge in [0.1, 0.15) is 6.04 Å². The van der Waals surface area contributed by atoms with Crippen LogP contribution in [0.2, 0.25) is 0 Å². The Morgan fingerprint density at radius 1 is 1.37 bits per heavy atom. The van der Waals surface area contributed by atoms with Crippen molar-refractivity contribution in [3.63, 3.8) is 0 Å². The van der Waals surface area contributed by atoms with Crippen LogP contribution in [0.25, 0.3) is 0 Å². The van der Waals surface area contributed by atoms with E-state index in [9.17, 15) is 9.59 Å². The summed E-state index contributed by atoms with van der Waals surface area (Å²) in [5.41, 5.74) is 5.38. The van der Waals surface area contributed by atoms with Crippen molar-refractivity contribution < 1.29 is 9.59 Å². The quantitative estimate of drug-likeness (QED) is 0.647. The second-order valence-electron chi connectivity index (χ2n) is 4.83. The van der Waals surface area contributed by atoms with E-state index in [1.165, 1.54) is 0 Å². The van der Waals surface area contributed by atoms with Crippen LogP contribution >= 0.6 is 0 Å². The smallest absolute Gasteiger partial charge is 0.236 e. The molecule has 1 aliphatic heterocycles. The summed E-state index contributed by atoms with van der Waals surface area (Å²) < 4.78 is 0. The Labute approximate surface area is 115 Å². The first-order valence-corrected chi connectivity index (χ1v) is 7.12. The lowest BCUT2D eigenvalue weighted by Gasteiger charge is -2.34. The fourth-order valence-electron chi connectivity index (χ4n) is 2.46. The average molecular weight is 270 g/mol. The number of nitrogens with one attached hydrogen (secondary N) is 1. The molecule has 1 heterocycles. The molecular weight excluding hydrogens is 244 g/mol. The van der Waals surface area contributed by atoms with Crippen molar-refractivity contribution in [2.24, 2.45) is 5.73 Å². The molecule has 1 fully saturated rings. The molecule has 1 aliphatic rings. The molecule has 0 bridgehead atoms. The zero-order chi connectivity index (χ0) is 14.3. The van der Waals surface area contributed by atoms with Gasteiger partial charge in [-0.3, -0.25) is 14.5 Å². The number of rotatable bonds is 7. The van der Waals surface area contributed by atoms with Crippen molar-refractivity contribution >= 4 is 11.8 Å². The molecule has 6 nitrogen and oxygen atoms in total. The second kappa shape index (κ2) is 8.12. The largest absolute Gasteiger partial charge is 0.368 e. The summed E-state index contributed by atoms with van der Waals surface area (Å²) in [7, 11) is 0. The Balaban J connectivity index is 2.34. The number of carbonyl (C=O) groups excluding carboxylic acids is 2. The molecule has 0 aromatic rings. The van der Waals surface area contributed by atoms with Gasteiger partial charge in [0.15, 0.2) is 0 Å². The van der Waals surface area contributed by atoms with E-state index in [4.69, 9.17) is 5.73 Å².